The quantitative estimate of drug-likeness (QED) is 0.594. The van der Waals surface area contributed by atoms with Crippen LogP contribution in [-0.2, 0) is 4.79 Å². The van der Waals surface area contributed by atoms with Crippen LogP contribution in [0.3, 0.4) is 0 Å². The fraction of sp³-hybridized carbons (Fsp3) is 0.273. The van der Waals surface area contributed by atoms with Gasteiger partial charge in [-0.2, -0.15) is 0 Å². The van der Waals surface area contributed by atoms with Gasteiger partial charge in [0.1, 0.15) is 23.1 Å². The smallest absolute Gasteiger partial charge is 0.259 e. The first-order chi connectivity index (χ1) is 7.97. The number of phenols is 2. The topological polar surface area (TPSA) is 98.7 Å². The Bertz CT molecular complexity index is 425. The van der Waals surface area contributed by atoms with Gasteiger partial charge in [-0.15, -0.1) is 0 Å². The molecule has 0 spiro atoms. The van der Waals surface area contributed by atoms with E-state index in [1.807, 2.05) is 0 Å². The van der Waals surface area contributed by atoms with Gasteiger partial charge in [-0.05, 0) is 19.1 Å². The number of phenolic OH excluding ortho intramolecular Hbond substituents is 2. The van der Waals surface area contributed by atoms with Crippen molar-refractivity contribution in [2.24, 2.45) is 0 Å². The molecule has 6 nitrogen and oxygen atoms in total. The summed E-state index contributed by atoms with van der Waals surface area (Å²) in [6.45, 7) is 1.49. The third-order valence-electron chi connectivity index (χ3n) is 2.23. The molecule has 1 aromatic rings. The Balaban J connectivity index is 2.87. The molecule has 4 N–H and O–H groups in total. The van der Waals surface area contributed by atoms with Crippen LogP contribution in [0.5, 0.6) is 11.5 Å². The molecule has 1 rings (SSSR count). The normalized spacial score (nSPS) is 11.6. The van der Waals surface area contributed by atoms with E-state index in [0.29, 0.717) is 0 Å². The zero-order valence-electron chi connectivity index (χ0n) is 9.52. The lowest BCUT2D eigenvalue weighted by Crippen LogP contribution is -2.43. The summed E-state index contributed by atoms with van der Waals surface area (Å²) in [5.41, 5.74) is -0.247. The molecule has 0 aliphatic rings. The number of amides is 2. The van der Waals surface area contributed by atoms with Crippen LogP contribution in [-0.4, -0.2) is 35.1 Å². The molecule has 1 aromatic carbocycles. The lowest BCUT2D eigenvalue weighted by molar-refractivity contribution is -0.122. The third kappa shape index (κ3) is 2.87. The molecule has 17 heavy (non-hydrogen) atoms. The van der Waals surface area contributed by atoms with Gasteiger partial charge in [-0.1, -0.05) is 6.07 Å². The second-order valence-corrected chi connectivity index (χ2v) is 3.48. The maximum absolute atomic E-state index is 11.7. The van der Waals surface area contributed by atoms with Crippen molar-refractivity contribution in [2.45, 2.75) is 13.0 Å². The lowest BCUT2D eigenvalue weighted by Gasteiger charge is -2.13. The monoisotopic (exact) mass is 238 g/mol. The van der Waals surface area contributed by atoms with Crippen LogP contribution in [0.15, 0.2) is 18.2 Å². The van der Waals surface area contributed by atoms with Crippen molar-refractivity contribution in [1.29, 1.82) is 0 Å². The molecule has 0 saturated heterocycles. The second-order valence-electron chi connectivity index (χ2n) is 3.48. The molecule has 0 saturated carbocycles. The van der Waals surface area contributed by atoms with Gasteiger partial charge in [0, 0.05) is 7.05 Å². The Morgan fingerprint density at radius 2 is 1.76 bits per heavy atom. The van der Waals surface area contributed by atoms with Crippen molar-refractivity contribution in [1.82, 2.24) is 10.6 Å². The van der Waals surface area contributed by atoms with Crippen molar-refractivity contribution in [3.8, 4) is 11.5 Å². The van der Waals surface area contributed by atoms with Gasteiger partial charge in [0.2, 0.25) is 5.91 Å². The number of hydrogen-bond donors (Lipinski definition) is 4. The molecule has 6 heteroatoms. The number of nitrogens with one attached hydrogen (secondary N) is 2. The molecule has 1 atom stereocenters. The Morgan fingerprint density at radius 1 is 1.24 bits per heavy atom. The third-order valence-corrected chi connectivity index (χ3v) is 2.23. The summed E-state index contributed by atoms with van der Waals surface area (Å²) in [6, 6.07) is 3.20. The van der Waals surface area contributed by atoms with Gasteiger partial charge in [-0.25, -0.2) is 0 Å². The average Bonchev–Trinajstić information content (AvgIpc) is 2.27. The number of hydrogen-bond acceptors (Lipinski definition) is 4. The largest absolute Gasteiger partial charge is 0.507 e. The summed E-state index contributed by atoms with van der Waals surface area (Å²) in [6.07, 6.45) is 0. The van der Waals surface area contributed by atoms with Gasteiger partial charge >= 0.3 is 0 Å². The predicted molar refractivity (Wildman–Crippen MR) is 60.8 cm³/mol. The highest BCUT2D eigenvalue weighted by Gasteiger charge is 2.20. The van der Waals surface area contributed by atoms with Crippen LogP contribution in [0.25, 0.3) is 0 Å². The molecular formula is C11H14N2O4. The minimum absolute atomic E-state index is 0.247. The zero-order chi connectivity index (χ0) is 13.0. The van der Waals surface area contributed by atoms with Crippen LogP contribution in [0.2, 0.25) is 0 Å². The van der Waals surface area contributed by atoms with E-state index < -0.39 is 11.9 Å². The Labute approximate surface area is 98.3 Å². The molecular weight excluding hydrogens is 224 g/mol. The lowest BCUT2D eigenvalue weighted by atomic mass is 10.1. The Kier molecular flexibility index (Phi) is 3.92. The first kappa shape index (κ1) is 12.8. The van der Waals surface area contributed by atoms with Crippen molar-refractivity contribution in [3.63, 3.8) is 0 Å². The molecule has 2 amide bonds. The number of aromatic hydroxyl groups is 2. The summed E-state index contributed by atoms with van der Waals surface area (Å²) >= 11 is 0. The van der Waals surface area contributed by atoms with Crippen molar-refractivity contribution >= 4 is 11.8 Å². The summed E-state index contributed by atoms with van der Waals surface area (Å²) < 4.78 is 0. The molecule has 0 heterocycles. The summed E-state index contributed by atoms with van der Waals surface area (Å²) in [5, 5.41) is 23.6. The highest BCUT2D eigenvalue weighted by Crippen LogP contribution is 2.25. The predicted octanol–water partition coefficient (Wildman–Crippen LogP) is -0.0379. The van der Waals surface area contributed by atoms with Crippen molar-refractivity contribution in [2.75, 3.05) is 7.05 Å². The fourth-order valence-corrected chi connectivity index (χ4v) is 1.31. The summed E-state index contributed by atoms with van der Waals surface area (Å²) in [7, 11) is 1.45. The van der Waals surface area contributed by atoms with E-state index >= 15 is 0 Å². The van der Waals surface area contributed by atoms with Gasteiger partial charge in [0.15, 0.2) is 0 Å². The van der Waals surface area contributed by atoms with E-state index in [2.05, 4.69) is 10.6 Å². The molecule has 0 aliphatic heterocycles. The van der Waals surface area contributed by atoms with Crippen molar-refractivity contribution < 1.29 is 19.8 Å². The molecule has 0 bridgehead atoms. The molecule has 1 unspecified atom stereocenters. The minimum Gasteiger partial charge on any atom is -0.507 e. The van der Waals surface area contributed by atoms with E-state index in [0.717, 1.165) is 0 Å². The van der Waals surface area contributed by atoms with Crippen LogP contribution in [0.4, 0.5) is 0 Å². The summed E-state index contributed by atoms with van der Waals surface area (Å²) in [4.78, 5) is 22.9. The van der Waals surface area contributed by atoms with Crippen LogP contribution in [0, 0.1) is 0 Å². The number of benzene rings is 1. The highest BCUT2D eigenvalue weighted by molar-refractivity contribution is 6.01. The second kappa shape index (κ2) is 5.20. The number of carbonyl (C=O) groups excluding carboxylic acids is 2. The SMILES string of the molecule is CNC(=O)C(C)NC(=O)c1c(O)cccc1O. The van der Waals surface area contributed by atoms with E-state index in [9.17, 15) is 19.8 Å². The molecule has 0 aliphatic carbocycles. The number of likely N-dealkylation sites (N-methyl/N-ethyl adjacent to an activating group) is 1. The van der Waals surface area contributed by atoms with Crippen LogP contribution >= 0.6 is 0 Å². The van der Waals surface area contributed by atoms with Gasteiger partial charge < -0.3 is 20.8 Å². The maximum atomic E-state index is 11.7. The van der Waals surface area contributed by atoms with E-state index in [-0.39, 0.29) is 23.0 Å². The van der Waals surface area contributed by atoms with Gasteiger partial charge in [0.25, 0.3) is 5.91 Å². The van der Waals surface area contributed by atoms with Crippen LogP contribution < -0.4 is 10.6 Å². The molecule has 92 valence electrons. The fourth-order valence-electron chi connectivity index (χ4n) is 1.31. The summed E-state index contributed by atoms with van der Waals surface area (Å²) in [5.74, 6) is -1.76. The first-order valence-electron chi connectivity index (χ1n) is 5.00. The Morgan fingerprint density at radius 3 is 2.24 bits per heavy atom. The highest BCUT2D eigenvalue weighted by atomic mass is 16.3. The average molecular weight is 238 g/mol. The van der Waals surface area contributed by atoms with Crippen molar-refractivity contribution in [3.05, 3.63) is 23.8 Å². The minimum atomic E-state index is -0.758. The molecule has 0 fully saturated rings. The molecule has 0 aromatic heterocycles. The standard InChI is InChI=1S/C11H14N2O4/c1-6(10(16)12-2)13-11(17)9-7(14)4-3-5-8(9)15/h3-6,14-15H,1-2H3,(H,12,16)(H,13,17). The maximum Gasteiger partial charge on any atom is 0.259 e. The van der Waals surface area contributed by atoms with E-state index in [1.54, 1.807) is 0 Å². The number of carbonyl (C=O) groups is 2. The number of rotatable bonds is 3. The van der Waals surface area contributed by atoms with E-state index in [4.69, 9.17) is 0 Å². The molecule has 0 radical (unpaired) electrons. The zero-order valence-corrected chi connectivity index (χ0v) is 9.52. The first-order valence-corrected chi connectivity index (χ1v) is 5.00. The van der Waals surface area contributed by atoms with Gasteiger partial charge in [0.05, 0.1) is 0 Å². The van der Waals surface area contributed by atoms with Crippen LogP contribution in [0.1, 0.15) is 17.3 Å². The Hall–Kier alpha value is -2.24. The van der Waals surface area contributed by atoms with E-state index in [1.165, 1.54) is 32.2 Å². The van der Waals surface area contributed by atoms with Gasteiger partial charge in [-0.3, -0.25) is 9.59 Å².